The number of hydrogen-bond acceptors (Lipinski definition) is 4. The molecular weight excluding hydrogens is 340 g/mol. The summed E-state index contributed by atoms with van der Waals surface area (Å²) in [6.45, 7) is 5.41. The van der Waals surface area contributed by atoms with Crippen LogP contribution in [0, 0.1) is 12.8 Å². The molecule has 142 valence electrons. The Balaban J connectivity index is 1.37. The van der Waals surface area contributed by atoms with Crippen molar-refractivity contribution < 1.29 is 9.59 Å². The van der Waals surface area contributed by atoms with Crippen LogP contribution < -0.4 is 10.6 Å². The van der Waals surface area contributed by atoms with E-state index < -0.39 is 11.8 Å². The minimum absolute atomic E-state index is 0.409. The zero-order valence-electron chi connectivity index (χ0n) is 15.6. The molecule has 1 fully saturated rings. The summed E-state index contributed by atoms with van der Waals surface area (Å²) in [6.07, 6.45) is 5.71. The molecule has 1 aromatic heterocycles. The van der Waals surface area contributed by atoms with Crippen LogP contribution in [0.5, 0.6) is 0 Å². The van der Waals surface area contributed by atoms with Gasteiger partial charge in [0.25, 0.3) is 0 Å². The van der Waals surface area contributed by atoms with Crippen LogP contribution in [0.4, 0.5) is 5.69 Å². The Morgan fingerprint density at radius 1 is 1.11 bits per heavy atom. The molecule has 1 aromatic carbocycles. The van der Waals surface area contributed by atoms with Crippen LogP contribution in [0.2, 0.25) is 0 Å². The van der Waals surface area contributed by atoms with Crippen molar-refractivity contribution in [2.45, 2.75) is 26.3 Å². The molecule has 3 rings (SSSR count). The SMILES string of the molecule is Cc1ccc(NC(=O)C(=O)NCC2CCN(Cc3cccnc3)CC2)cc1. The van der Waals surface area contributed by atoms with Gasteiger partial charge in [0, 0.05) is 31.2 Å². The van der Waals surface area contributed by atoms with E-state index in [-0.39, 0.29) is 0 Å². The lowest BCUT2D eigenvalue weighted by Gasteiger charge is -2.31. The van der Waals surface area contributed by atoms with Gasteiger partial charge < -0.3 is 10.6 Å². The normalized spacial score (nSPS) is 15.3. The molecule has 2 heterocycles. The average molecular weight is 366 g/mol. The summed E-state index contributed by atoms with van der Waals surface area (Å²) < 4.78 is 0. The summed E-state index contributed by atoms with van der Waals surface area (Å²) in [7, 11) is 0. The van der Waals surface area contributed by atoms with Gasteiger partial charge in [0.15, 0.2) is 0 Å². The molecule has 2 aromatic rings. The molecular formula is C21H26N4O2. The van der Waals surface area contributed by atoms with Gasteiger partial charge in [0.1, 0.15) is 0 Å². The molecule has 2 amide bonds. The Kier molecular flexibility index (Phi) is 6.54. The highest BCUT2D eigenvalue weighted by atomic mass is 16.2. The van der Waals surface area contributed by atoms with Crippen LogP contribution in [0.25, 0.3) is 0 Å². The van der Waals surface area contributed by atoms with E-state index >= 15 is 0 Å². The van der Waals surface area contributed by atoms with Crippen molar-refractivity contribution in [3.05, 3.63) is 59.9 Å². The van der Waals surface area contributed by atoms with Gasteiger partial charge in [-0.05, 0) is 62.5 Å². The number of pyridine rings is 1. The van der Waals surface area contributed by atoms with Crippen LogP contribution in [0.1, 0.15) is 24.0 Å². The fourth-order valence-corrected chi connectivity index (χ4v) is 3.24. The Bertz CT molecular complexity index is 754. The second kappa shape index (κ2) is 9.28. The van der Waals surface area contributed by atoms with Gasteiger partial charge >= 0.3 is 11.8 Å². The number of carbonyl (C=O) groups excluding carboxylic acids is 2. The molecule has 0 spiro atoms. The number of anilines is 1. The highest BCUT2D eigenvalue weighted by Gasteiger charge is 2.21. The first-order chi connectivity index (χ1) is 13.1. The Morgan fingerprint density at radius 3 is 2.52 bits per heavy atom. The van der Waals surface area contributed by atoms with Crippen LogP contribution in [-0.2, 0) is 16.1 Å². The molecule has 1 saturated heterocycles. The molecule has 1 aliphatic rings. The lowest BCUT2D eigenvalue weighted by molar-refractivity contribution is -0.136. The molecule has 27 heavy (non-hydrogen) atoms. The first-order valence-corrected chi connectivity index (χ1v) is 9.37. The number of carbonyl (C=O) groups is 2. The van der Waals surface area contributed by atoms with Crippen molar-refractivity contribution in [1.29, 1.82) is 0 Å². The lowest BCUT2D eigenvalue weighted by Crippen LogP contribution is -2.41. The fourth-order valence-electron chi connectivity index (χ4n) is 3.24. The van der Waals surface area contributed by atoms with Crippen molar-refractivity contribution in [3.63, 3.8) is 0 Å². The van der Waals surface area contributed by atoms with Crippen LogP contribution in [0.15, 0.2) is 48.8 Å². The van der Waals surface area contributed by atoms with E-state index in [1.165, 1.54) is 5.56 Å². The third-order valence-electron chi connectivity index (χ3n) is 4.90. The Hall–Kier alpha value is -2.73. The predicted molar refractivity (Wildman–Crippen MR) is 105 cm³/mol. The number of benzene rings is 1. The molecule has 0 aliphatic carbocycles. The second-order valence-electron chi connectivity index (χ2n) is 7.11. The second-order valence-corrected chi connectivity index (χ2v) is 7.11. The van der Waals surface area contributed by atoms with Crippen molar-refractivity contribution >= 4 is 17.5 Å². The quantitative estimate of drug-likeness (QED) is 0.797. The maximum atomic E-state index is 12.0. The highest BCUT2D eigenvalue weighted by molar-refractivity contribution is 6.39. The van der Waals surface area contributed by atoms with Gasteiger partial charge in [0.2, 0.25) is 0 Å². The number of aryl methyl sites for hydroxylation is 1. The van der Waals surface area contributed by atoms with Crippen molar-refractivity contribution in [2.24, 2.45) is 5.92 Å². The first kappa shape index (κ1) is 19.0. The lowest BCUT2D eigenvalue weighted by atomic mass is 9.96. The van der Waals surface area contributed by atoms with E-state index in [1.54, 1.807) is 18.3 Å². The maximum Gasteiger partial charge on any atom is 0.313 e. The average Bonchev–Trinajstić information content (AvgIpc) is 2.69. The number of likely N-dealkylation sites (tertiary alicyclic amines) is 1. The molecule has 0 unspecified atom stereocenters. The topological polar surface area (TPSA) is 74.3 Å². The van der Waals surface area contributed by atoms with E-state index in [2.05, 4.69) is 26.6 Å². The standard InChI is InChI=1S/C21H26N4O2/c1-16-4-6-19(7-5-16)24-21(27)20(26)23-14-17-8-11-25(12-9-17)15-18-3-2-10-22-13-18/h2-7,10,13,17H,8-9,11-12,14-15H2,1H3,(H,23,26)(H,24,27). The Morgan fingerprint density at radius 2 is 1.85 bits per heavy atom. The van der Waals surface area contributed by atoms with Gasteiger partial charge in [-0.3, -0.25) is 19.5 Å². The number of rotatable bonds is 5. The number of nitrogens with zero attached hydrogens (tertiary/aromatic N) is 2. The predicted octanol–water partition coefficient (Wildman–Crippen LogP) is 2.36. The summed E-state index contributed by atoms with van der Waals surface area (Å²) in [4.78, 5) is 30.6. The molecule has 0 bridgehead atoms. The summed E-state index contributed by atoms with van der Waals surface area (Å²) in [5, 5.41) is 5.39. The van der Waals surface area contributed by atoms with E-state index in [9.17, 15) is 9.59 Å². The van der Waals surface area contributed by atoms with E-state index in [4.69, 9.17) is 0 Å². The van der Waals surface area contributed by atoms with Crippen LogP contribution in [-0.4, -0.2) is 41.3 Å². The Labute approximate surface area is 160 Å². The molecule has 0 saturated carbocycles. The van der Waals surface area contributed by atoms with E-state index in [0.717, 1.165) is 38.0 Å². The molecule has 0 radical (unpaired) electrons. The van der Waals surface area contributed by atoms with Gasteiger partial charge in [-0.25, -0.2) is 0 Å². The fraction of sp³-hybridized carbons (Fsp3) is 0.381. The molecule has 6 nitrogen and oxygen atoms in total. The van der Waals surface area contributed by atoms with Gasteiger partial charge in [0.05, 0.1) is 0 Å². The van der Waals surface area contributed by atoms with Crippen LogP contribution in [0.3, 0.4) is 0 Å². The zero-order valence-corrected chi connectivity index (χ0v) is 15.6. The molecule has 0 atom stereocenters. The summed E-state index contributed by atoms with van der Waals surface area (Å²) in [6, 6.07) is 11.4. The zero-order chi connectivity index (χ0) is 19.1. The van der Waals surface area contributed by atoms with Gasteiger partial charge in [-0.2, -0.15) is 0 Å². The van der Waals surface area contributed by atoms with E-state index in [1.807, 2.05) is 31.3 Å². The number of amides is 2. The van der Waals surface area contributed by atoms with Crippen molar-refractivity contribution in [3.8, 4) is 0 Å². The number of aromatic nitrogens is 1. The van der Waals surface area contributed by atoms with Crippen molar-refractivity contribution in [1.82, 2.24) is 15.2 Å². The summed E-state index contributed by atoms with van der Waals surface area (Å²) >= 11 is 0. The minimum Gasteiger partial charge on any atom is -0.348 e. The largest absolute Gasteiger partial charge is 0.348 e. The summed E-state index contributed by atoms with van der Waals surface area (Å²) in [5.74, 6) is -0.785. The monoisotopic (exact) mass is 366 g/mol. The van der Waals surface area contributed by atoms with Gasteiger partial charge in [-0.1, -0.05) is 23.8 Å². The summed E-state index contributed by atoms with van der Waals surface area (Å²) in [5.41, 5.74) is 2.95. The third-order valence-corrected chi connectivity index (χ3v) is 4.90. The van der Waals surface area contributed by atoms with Crippen LogP contribution >= 0.6 is 0 Å². The molecule has 6 heteroatoms. The maximum absolute atomic E-state index is 12.0. The molecule has 1 aliphatic heterocycles. The number of piperidine rings is 1. The number of nitrogens with one attached hydrogen (secondary N) is 2. The van der Waals surface area contributed by atoms with Crippen molar-refractivity contribution in [2.75, 3.05) is 25.0 Å². The highest BCUT2D eigenvalue weighted by Crippen LogP contribution is 2.18. The minimum atomic E-state index is -0.618. The smallest absolute Gasteiger partial charge is 0.313 e. The number of hydrogen-bond donors (Lipinski definition) is 2. The first-order valence-electron chi connectivity index (χ1n) is 9.37. The van der Waals surface area contributed by atoms with Gasteiger partial charge in [-0.15, -0.1) is 0 Å². The molecule has 2 N–H and O–H groups in total. The van der Waals surface area contributed by atoms with E-state index in [0.29, 0.717) is 18.2 Å². The third kappa shape index (κ3) is 5.89.